The molecule has 0 aliphatic heterocycles. The number of carbonyl (C=O) groups is 2. The van der Waals surface area contributed by atoms with Gasteiger partial charge in [-0.25, -0.2) is 9.59 Å². The van der Waals surface area contributed by atoms with E-state index in [9.17, 15) is 9.59 Å². The van der Waals surface area contributed by atoms with Crippen LogP contribution in [0.4, 0.5) is 0 Å². The molecule has 0 spiro atoms. The second kappa shape index (κ2) is 12.8. The zero-order chi connectivity index (χ0) is 19.2. The summed E-state index contributed by atoms with van der Waals surface area (Å²) in [5, 5.41) is 8.75. The fraction of sp³-hybridized carbons (Fsp3) is 0.429. The third-order valence-electron chi connectivity index (χ3n) is 3.90. The Kier molecular flexibility index (Phi) is 10.5. The average Bonchev–Trinajstić information content (AvgIpc) is 2.65. The number of esters is 1. The number of unbranched alkanes of at least 4 members (excludes halogenated alkanes) is 5. The Labute approximate surface area is 155 Å². The lowest BCUT2D eigenvalue weighted by Crippen LogP contribution is -1.97. The van der Waals surface area contributed by atoms with Crippen molar-refractivity contribution >= 4 is 18.0 Å². The summed E-state index contributed by atoms with van der Waals surface area (Å²) in [4.78, 5) is 21.7. The molecule has 1 aromatic carbocycles. The maximum absolute atomic E-state index is 11.0. The molecule has 1 rings (SSSR count). The van der Waals surface area contributed by atoms with Crippen LogP contribution in [0.25, 0.3) is 6.08 Å². The molecule has 0 atom stereocenters. The third kappa shape index (κ3) is 9.67. The Bertz CT molecular complexity index is 614. The highest BCUT2D eigenvalue weighted by Gasteiger charge is 1.98. The first kappa shape index (κ1) is 21.5. The number of carboxylic acid groups (broad SMARTS) is 1. The Morgan fingerprint density at radius 2 is 1.69 bits per heavy atom. The molecule has 1 N–H and O–H groups in total. The maximum Gasteiger partial charge on any atom is 0.330 e. The van der Waals surface area contributed by atoms with E-state index in [1.807, 2.05) is 24.3 Å². The van der Waals surface area contributed by atoms with Gasteiger partial charge in [0.1, 0.15) is 5.75 Å². The predicted molar refractivity (Wildman–Crippen MR) is 102 cm³/mol. The fourth-order valence-corrected chi connectivity index (χ4v) is 2.28. The highest BCUT2D eigenvalue weighted by atomic mass is 16.5. The van der Waals surface area contributed by atoms with Crippen LogP contribution in [0.5, 0.6) is 5.75 Å². The van der Waals surface area contributed by atoms with Gasteiger partial charge in [0.15, 0.2) is 0 Å². The summed E-state index contributed by atoms with van der Waals surface area (Å²) >= 11 is 0. The molecule has 0 aromatic heterocycles. The van der Waals surface area contributed by atoms with Gasteiger partial charge in [-0.3, -0.25) is 0 Å². The van der Waals surface area contributed by atoms with Gasteiger partial charge in [-0.2, -0.15) is 0 Å². The van der Waals surface area contributed by atoms with E-state index in [0.29, 0.717) is 12.2 Å². The molecule has 26 heavy (non-hydrogen) atoms. The minimum absolute atomic E-state index is 0.377. The summed E-state index contributed by atoms with van der Waals surface area (Å²) in [7, 11) is 1.35. The minimum Gasteiger partial charge on any atom is -0.494 e. The molecule has 142 valence electrons. The fourth-order valence-electron chi connectivity index (χ4n) is 2.28. The first-order valence-electron chi connectivity index (χ1n) is 8.92. The molecule has 0 radical (unpaired) electrons. The van der Waals surface area contributed by atoms with Crippen molar-refractivity contribution in [2.24, 2.45) is 0 Å². The second-order valence-corrected chi connectivity index (χ2v) is 6.02. The molecule has 0 fully saturated rings. The summed E-state index contributed by atoms with van der Waals surface area (Å²) < 4.78 is 10.2. The normalized spacial score (nSPS) is 11.5. The van der Waals surface area contributed by atoms with E-state index < -0.39 is 5.97 Å². The molecule has 0 saturated heterocycles. The summed E-state index contributed by atoms with van der Waals surface area (Å²) in [5.41, 5.74) is 1.33. The number of ether oxygens (including phenoxy) is 2. The van der Waals surface area contributed by atoms with Gasteiger partial charge in [0.05, 0.1) is 13.7 Å². The molecule has 0 amide bonds. The van der Waals surface area contributed by atoms with E-state index in [0.717, 1.165) is 49.8 Å². The van der Waals surface area contributed by atoms with Gasteiger partial charge >= 0.3 is 11.9 Å². The van der Waals surface area contributed by atoms with Crippen LogP contribution in [0.1, 0.15) is 51.0 Å². The molecule has 5 heteroatoms. The number of hydrogen-bond donors (Lipinski definition) is 1. The molecule has 0 heterocycles. The lowest BCUT2D eigenvalue weighted by atomic mass is 10.1. The average molecular weight is 360 g/mol. The number of hydrogen-bond acceptors (Lipinski definition) is 4. The largest absolute Gasteiger partial charge is 0.494 e. The Hall–Kier alpha value is -2.56. The number of carboxylic acids is 1. The standard InChI is InChI=1S/C21H28O5/c1-17(21(23)24)9-7-5-3-4-6-8-16-26-19-13-10-18(11-14-19)12-15-20(22)25-2/h9-15H,3-8,16H2,1-2H3,(H,23,24)/b15-12+,17-9-. The van der Waals surface area contributed by atoms with Gasteiger partial charge < -0.3 is 14.6 Å². The van der Waals surface area contributed by atoms with Crippen molar-refractivity contribution in [1.82, 2.24) is 0 Å². The molecule has 1 aromatic rings. The van der Waals surface area contributed by atoms with Crippen molar-refractivity contribution in [3.8, 4) is 5.75 Å². The highest BCUT2D eigenvalue weighted by Crippen LogP contribution is 2.14. The van der Waals surface area contributed by atoms with Crippen LogP contribution in [0.3, 0.4) is 0 Å². The van der Waals surface area contributed by atoms with Crippen LogP contribution >= 0.6 is 0 Å². The van der Waals surface area contributed by atoms with E-state index in [2.05, 4.69) is 4.74 Å². The van der Waals surface area contributed by atoms with Gasteiger partial charge in [-0.05, 0) is 50.0 Å². The topological polar surface area (TPSA) is 72.8 Å². The number of allylic oxidation sites excluding steroid dienone is 1. The van der Waals surface area contributed by atoms with Crippen LogP contribution in [0.2, 0.25) is 0 Å². The molecular weight excluding hydrogens is 332 g/mol. The SMILES string of the molecule is COC(=O)/C=C/c1ccc(OCCCCCCC/C=C(/C)C(=O)O)cc1. The number of benzene rings is 1. The van der Waals surface area contributed by atoms with E-state index in [4.69, 9.17) is 9.84 Å². The predicted octanol–water partition coefficient (Wildman–Crippen LogP) is 4.62. The number of rotatable bonds is 12. The van der Waals surface area contributed by atoms with Gasteiger partial charge in [-0.15, -0.1) is 0 Å². The smallest absolute Gasteiger partial charge is 0.330 e. The molecular formula is C21H28O5. The molecule has 0 bridgehead atoms. The van der Waals surface area contributed by atoms with Crippen LogP contribution in [0, 0.1) is 0 Å². The van der Waals surface area contributed by atoms with Gasteiger partial charge in [0.2, 0.25) is 0 Å². The van der Waals surface area contributed by atoms with Gasteiger partial charge in [0, 0.05) is 11.6 Å². The van der Waals surface area contributed by atoms with E-state index in [1.54, 1.807) is 19.1 Å². The first-order valence-corrected chi connectivity index (χ1v) is 8.92. The van der Waals surface area contributed by atoms with Crippen molar-refractivity contribution in [2.45, 2.75) is 45.4 Å². The zero-order valence-electron chi connectivity index (χ0n) is 15.6. The van der Waals surface area contributed by atoms with E-state index in [-0.39, 0.29) is 5.97 Å². The van der Waals surface area contributed by atoms with Crippen LogP contribution in [-0.4, -0.2) is 30.8 Å². The molecule has 5 nitrogen and oxygen atoms in total. The molecule has 0 saturated carbocycles. The van der Waals surface area contributed by atoms with Crippen molar-refractivity contribution in [2.75, 3.05) is 13.7 Å². The quantitative estimate of drug-likeness (QED) is 0.334. The van der Waals surface area contributed by atoms with Crippen LogP contribution in [-0.2, 0) is 14.3 Å². The second-order valence-electron chi connectivity index (χ2n) is 6.02. The summed E-state index contributed by atoms with van der Waals surface area (Å²) in [5.74, 6) is -0.400. The number of carbonyl (C=O) groups excluding carboxylic acids is 1. The lowest BCUT2D eigenvalue weighted by Gasteiger charge is -2.06. The minimum atomic E-state index is -0.838. The number of methoxy groups -OCH3 is 1. The Morgan fingerprint density at radius 1 is 1.04 bits per heavy atom. The Morgan fingerprint density at radius 3 is 2.35 bits per heavy atom. The molecule has 0 aliphatic carbocycles. The zero-order valence-corrected chi connectivity index (χ0v) is 15.6. The van der Waals surface area contributed by atoms with Crippen molar-refractivity contribution < 1.29 is 24.2 Å². The maximum atomic E-state index is 11.0. The first-order chi connectivity index (χ1) is 12.5. The van der Waals surface area contributed by atoms with Crippen LogP contribution < -0.4 is 4.74 Å². The van der Waals surface area contributed by atoms with Gasteiger partial charge in [-0.1, -0.05) is 37.5 Å². The van der Waals surface area contributed by atoms with E-state index >= 15 is 0 Å². The van der Waals surface area contributed by atoms with Crippen molar-refractivity contribution in [3.63, 3.8) is 0 Å². The highest BCUT2D eigenvalue weighted by molar-refractivity contribution is 5.87. The molecule has 0 aliphatic rings. The lowest BCUT2D eigenvalue weighted by molar-refractivity contribution is -0.135. The molecule has 0 unspecified atom stereocenters. The Balaban J connectivity index is 2.11. The number of aliphatic carboxylic acids is 1. The van der Waals surface area contributed by atoms with Crippen LogP contribution in [0.15, 0.2) is 42.0 Å². The summed E-state index contributed by atoms with van der Waals surface area (Å²) in [6, 6.07) is 7.55. The monoisotopic (exact) mass is 360 g/mol. The van der Waals surface area contributed by atoms with E-state index in [1.165, 1.54) is 13.2 Å². The summed E-state index contributed by atoms with van der Waals surface area (Å²) in [6.07, 6.45) is 11.0. The van der Waals surface area contributed by atoms with Crippen molar-refractivity contribution in [1.29, 1.82) is 0 Å². The third-order valence-corrected chi connectivity index (χ3v) is 3.90. The van der Waals surface area contributed by atoms with Gasteiger partial charge in [0.25, 0.3) is 0 Å². The van der Waals surface area contributed by atoms with Crippen molar-refractivity contribution in [3.05, 3.63) is 47.6 Å². The summed E-state index contributed by atoms with van der Waals surface area (Å²) in [6.45, 7) is 2.30.